The van der Waals surface area contributed by atoms with Crippen molar-refractivity contribution in [3.8, 4) is 5.75 Å². The van der Waals surface area contributed by atoms with Gasteiger partial charge in [-0.2, -0.15) is 0 Å². The Morgan fingerprint density at radius 2 is 2.09 bits per heavy atom. The Labute approximate surface area is 133 Å². The monoisotopic (exact) mass is 318 g/mol. The number of carbonyl (C=O) groups excluding carboxylic acids is 2. The van der Waals surface area contributed by atoms with E-state index in [-0.39, 0.29) is 23.6 Å². The molecule has 23 heavy (non-hydrogen) atoms. The van der Waals surface area contributed by atoms with Crippen molar-refractivity contribution in [2.75, 3.05) is 5.32 Å². The molecule has 1 aromatic carbocycles. The number of amides is 1. The van der Waals surface area contributed by atoms with Crippen LogP contribution in [0.4, 0.5) is 5.82 Å². The molecule has 1 heterocycles. The second-order valence-electron chi connectivity index (χ2n) is 5.13. The zero-order chi connectivity index (χ0) is 17.0. The van der Waals surface area contributed by atoms with Gasteiger partial charge in [0.15, 0.2) is 11.9 Å². The molecule has 0 fully saturated rings. The van der Waals surface area contributed by atoms with Crippen molar-refractivity contribution < 1.29 is 24.0 Å². The lowest BCUT2D eigenvalue weighted by molar-refractivity contribution is -0.124. The zero-order valence-electron chi connectivity index (χ0n) is 13.1. The topological polar surface area (TPSA) is 102 Å². The van der Waals surface area contributed by atoms with Gasteiger partial charge in [-0.1, -0.05) is 18.1 Å². The molecule has 0 saturated heterocycles. The van der Waals surface area contributed by atoms with Gasteiger partial charge in [-0.25, -0.2) is 4.79 Å². The van der Waals surface area contributed by atoms with Crippen LogP contribution in [0, 0.1) is 13.8 Å². The molecule has 0 bridgehead atoms. The summed E-state index contributed by atoms with van der Waals surface area (Å²) in [5, 5.41) is 16.0. The minimum atomic E-state index is -1.000. The van der Waals surface area contributed by atoms with E-state index < -0.39 is 18.0 Å². The molecule has 2 N–H and O–H groups in total. The number of nitrogens with one attached hydrogen (secondary N) is 1. The van der Waals surface area contributed by atoms with E-state index in [1.807, 2.05) is 0 Å². The van der Waals surface area contributed by atoms with Gasteiger partial charge < -0.3 is 19.7 Å². The number of benzene rings is 1. The molecule has 0 aliphatic carbocycles. The average Bonchev–Trinajstić information content (AvgIpc) is 2.89. The van der Waals surface area contributed by atoms with Crippen LogP contribution in [-0.4, -0.2) is 28.2 Å². The summed E-state index contributed by atoms with van der Waals surface area (Å²) in [6.45, 7) is 5.19. The number of phenols is 1. The summed E-state index contributed by atoms with van der Waals surface area (Å²) in [5.41, 5.74) is 0.823. The van der Waals surface area contributed by atoms with E-state index in [1.165, 1.54) is 12.1 Å². The number of aromatic hydroxyl groups is 1. The van der Waals surface area contributed by atoms with E-state index in [0.717, 1.165) is 5.56 Å². The Hall–Kier alpha value is -2.83. The van der Waals surface area contributed by atoms with Gasteiger partial charge in [0.25, 0.3) is 5.91 Å². The van der Waals surface area contributed by atoms with Gasteiger partial charge in [0.1, 0.15) is 17.1 Å². The molecule has 0 spiro atoms. The standard InChI is InChI=1S/C16H18N2O5/c1-4-13(15(20)17-14-8-10(3)23-18-14)22-16(21)11-6-5-9(2)7-12(11)19/h5-8,13,19H,4H2,1-3H3,(H,17,18,20). The van der Waals surface area contributed by atoms with Crippen LogP contribution < -0.4 is 5.32 Å². The van der Waals surface area contributed by atoms with Gasteiger partial charge in [0.05, 0.1) is 0 Å². The average molecular weight is 318 g/mol. The highest BCUT2D eigenvalue weighted by atomic mass is 16.5. The van der Waals surface area contributed by atoms with Gasteiger partial charge in [0, 0.05) is 6.07 Å². The zero-order valence-corrected chi connectivity index (χ0v) is 13.1. The normalized spacial score (nSPS) is 11.8. The van der Waals surface area contributed by atoms with Crippen LogP contribution in [0.5, 0.6) is 5.75 Å². The number of nitrogens with zero attached hydrogens (tertiary/aromatic N) is 1. The van der Waals surface area contributed by atoms with E-state index in [1.54, 1.807) is 32.9 Å². The molecule has 0 aliphatic rings. The third-order valence-corrected chi connectivity index (χ3v) is 3.16. The lowest BCUT2D eigenvalue weighted by atomic mass is 10.1. The molecular weight excluding hydrogens is 300 g/mol. The highest BCUT2D eigenvalue weighted by molar-refractivity contribution is 5.98. The molecule has 1 atom stereocenters. The first-order chi connectivity index (χ1) is 10.9. The molecule has 1 amide bonds. The molecule has 2 rings (SSSR count). The Bertz CT molecular complexity index is 723. The fraction of sp³-hybridized carbons (Fsp3) is 0.312. The molecule has 0 aliphatic heterocycles. The summed E-state index contributed by atoms with van der Waals surface area (Å²) in [6, 6.07) is 6.14. The Morgan fingerprint density at radius 3 is 2.65 bits per heavy atom. The van der Waals surface area contributed by atoms with E-state index in [4.69, 9.17) is 9.26 Å². The van der Waals surface area contributed by atoms with Crippen molar-refractivity contribution >= 4 is 17.7 Å². The maximum Gasteiger partial charge on any atom is 0.342 e. The summed E-state index contributed by atoms with van der Waals surface area (Å²) in [5.74, 6) is -0.658. The van der Waals surface area contributed by atoms with Crippen molar-refractivity contribution in [3.05, 3.63) is 41.2 Å². The summed E-state index contributed by atoms with van der Waals surface area (Å²) in [6.07, 6.45) is -0.721. The van der Waals surface area contributed by atoms with Crippen molar-refractivity contribution in [2.24, 2.45) is 0 Å². The molecule has 7 heteroatoms. The summed E-state index contributed by atoms with van der Waals surface area (Å²) in [4.78, 5) is 24.2. The van der Waals surface area contributed by atoms with Crippen molar-refractivity contribution in [3.63, 3.8) is 0 Å². The maximum absolute atomic E-state index is 12.1. The van der Waals surface area contributed by atoms with Crippen LogP contribution >= 0.6 is 0 Å². The van der Waals surface area contributed by atoms with Crippen LogP contribution in [0.3, 0.4) is 0 Å². The second kappa shape index (κ2) is 6.95. The largest absolute Gasteiger partial charge is 0.507 e. The van der Waals surface area contributed by atoms with Crippen LogP contribution in [-0.2, 0) is 9.53 Å². The number of esters is 1. The number of hydrogen-bond donors (Lipinski definition) is 2. The second-order valence-corrected chi connectivity index (χ2v) is 5.13. The van der Waals surface area contributed by atoms with Gasteiger partial charge in [-0.05, 0) is 38.0 Å². The van der Waals surface area contributed by atoms with Gasteiger partial charge >= 0.3 is 5.97 Å². The number of phenolic OH excluding ortho intramolecular Hbond substituents is 1. The van der Waals surface area contributed by atoms with Crippen molar-refractivity contribution in [1.29, 1.82) is 0 Å². The maximum atomic E-state index is 12.1. The predicted molar refractivity (Wildman–Crippen MR) is 82.2 cm³/mol. The molecule has 1 unspecified atom stereocenters. The fourth-order valence-electron chi connectivity index (χ4n) is 1.96. The predicted octanol–water partition coefficient (Wildman–Crippen LogP) is 2.57. The van der Waals surface area contributed by atoms with E-state index in [0.29, 0.717) is 5.76 Å². The lowest BCUT2D eigenvalue weighted by Crippen LogP contribution is -2.32. The van der Waals surface area contributed by atoms with E-state index >= 15 is 0 Å². The first-order valence-electron chi connectivity index (χ1n) is 7.15. The highest BCUT2D eigenvalue weighted by Crippen LogP contribution is 2.20. The van der Waals surface area contributed by atoms with Crippen LogP contribution in [0.15, 0.2) is 28.8 Å². The number of rotatable bonds is 5. The number of carbonyl (C=O) groups is 2. The third kappa shape index (κ3) is 4.09. The van der Waals surface area contributed by atoms with E-state index in [9.17, 15) is 14.7 Å². The molecule has 0 radical (unpaired) electrons. The Morgan fingerprint density at radius 1 is 1.35 bits per heavy atom. The van der Waals surface area contributed by atoms with E-state index in [2.05, 4.69) is 10.5 Å². The summed E-state index contributed by atoms with van der Waals surface area (Å²) in [7, 11) is 0. The number of aromatic nitrogens is 1. The number of aryl methyl sites for hydroxylation is 2. The minimum Gasteiger partial charge on any atom is -0.507 e. The molecular formula is C16H18N2O5. The highest BCUT2D eigenvalue weighted by Gasteiger charge is 2.24. The number of hydrogen-bond acceptors (Lipinski definition) is 6. The summed E-state index contributed by atoms with van der Waals surface area (Å²) >= 11 is 0. The fourth-order valence-corrected chi connectivity index (χ4v) is 1.96. The lowest BCUT2D eigenvalue weighted by Gasteiger charge is -2.15. The van der Waals surface area contributed by atoms with Gasteiger partial charge in [0.2, 0.25) is 0 Å². The first kappa shape index (κ1) is 16.5. The Balaban J connectivity index is 2.05. The third-order valence-electron chi connectivity index (χ3n) is 3.16. The Kier molecular flexibility index (Phi) is 5.00. The van der Waals surface area contributed by atoms with Crippen molar-refractivity contribution in [1.82, 2.24) is 5.16 Å². The van der Waals surface area contributed by atoms with Crippen LogP contribution in [0.2, 0.25) is 0 Å². The molecule has 7 nitrogen and oxygen atoms in total. The summed E-state index contributed by atoms with van der Waals surface area (Å²) < 4.78 is 10.0. The molecule has 122 valence electrons. The van der Waals surface area contributed by atoms with Gasteiger partial charge in [-0.15, -0.1) is 0 Å². The van der Waals surface area contributed by atoms with Crippen LogP contribution in [0.1, 0.15) is 35.0 Å². The number of anilines is 1. The van der Waals surface area contributed by atoms with Crippen LogP contribution in [0.25, 0.3) is 0 Å². The molecule has 2 aromatic rings. The minimum absolute atomic E-state index is 0.0131. The quantitative estimate of drug-likeness (QED) is 0.822. The van der Waals surface area contributed by atoms with Crippen molar-refractivity contribution in [2.45, 2.75) is 33.3 Å². The molecule has 0 saturated carbocycles. The SMILES string of the molecule is CCC(OC(=O)c1ccc(C)cc1O)C(=O)Nc1cc(C)on1. The first-order valence-corrected chi connectivity index (χ1v) is 7.15. The molecule has 1 aromatic heterocycles. The smallest absolute Gasteiger partial charge is 0.342 e. The van der Waals surface area contributed by atoms with Gasteiger partial charge in [-0.3, -0.25) is 4.79 Å². The number of ether oxygens (including phenoxy) is 1.